The molecule has 0 aliphatic heterocycles. The molecule has 2 rings (SSSR count). The van der Waals surface area contributed by atoms with Crippen molar-refractivity contribution in [3.8, 4) is 5.69 Å². The monoisotopic (exact) mass is 336 g/mol. The van der Waals surface area contributed by atoms with Crippen LogP contribution in [0.1, 0.15) is 38.8 Å². The van der Waals surface area contributed by atoms with Gasteiger partial charge in [-0.25, -0.2) is 4.68 Å². The lowest BCUT2D eigenvalue weighted by Gasteiger charge is -2.19. The molecule has 2 aromatic rings. The quantitative estimate of drug-likeness (QED) is 0.852. The molecule has 0 aliphatic rings. The van der Waals surface area contributed by atoms with Crippen molar-refractivity contribution < 1.29 is 4.79 Å². The second-order valence-corrected chi connectivity index (χ2v) is 6.01. The lowest BCUT2D eigenvalue weighted by molar-refractivity contribution is -0.123. The fraction of sp³-hybridized carbons (Fsp3) is 0.412. The first-order chi connectivity index (χ1) is 10.5. The Labute approximate surface area is 143 Å². The molecule has 1 amide bonds. The van der Waals surface area contributed by atoms with Gasteiger partial charge in [0.1, 0.15) is 0 Å². The highest BCUT2D eigenvalue weighted by Crippen LogP contribution is 2.16. The van der Waals surface area contributed by atoms with Gasteiger partial charge < -0.3 is 11.1 Å². The summed E-state index contributed by atoms with van der Waals surface area (Å²) in [6, 6.07) is 9.32. The van der Waals surface area contributed by atoms with E-state index in [1.165, 1.54) is 0 Å². The molecule has 0 fully saturated rings. The van der Waals surface area contributed by atoms with E-state index in [4.69, 9.17) is 5.73 Å². The van der Waals surface area contributed by atoms with E-state index in [1.54, 1.807) is 10.9 Å². The third kappa shape index (κ3) is 5.37. The van der Waals surface area contributed by atoms with Gasteiger partial charge >= 0.3 is 0 Å². The standard InChI is InChI=1S/C17H24N4O.ClH/c1-12(2)11-16(18)17(22)20-13(3)14-5-7-15(8-6-14)21-10-4-9-19-21;/h4-10,12-13,16H,11,18H2,1-3H3,(H,20,22);1H/t13?,16-;/m0./s1. The van der Waals surface area contributed by atoms with E-state index in [0.717, 1.165) is 11.3 Å². The summed E-state index contributed by atoms with van der Waals surface area (Å²) in [5, 5.41) is 7.16. The van der Waals surface area contributed by atoms with Gasteiger partial charge in [-0.15, -0.1) is 12.4 Å². The van der Waals surface area contributed by atoms with Crippen LogP contribution in [-0.4, -0.2) is 21.7 Å². The number of nitrogens with one attached hydrogen (secondary N) is 1. The van der Waals surface area contributed by atoms with E-state index in [9.17, 15) is 4.79 Å². The first-order valence-electron chi connectivity index (χ1n) is 7.63. The largest absolute Gasteiger partial charge is 0.348 e. The molecule has 0 aliphatic carbocycles. The van der Waals surface area contributed by atoms with Crippen LogP contribution in [0.3, 0.4) is 0 Å². The Bertz CT molecular complexity index is 596. The third-order valence-corrected chi connectivity index (χ3v) is 3.58. The van der Waals surface area contributed by atoms with Crippen LogP contribution < -0.4 is 11.1 Å². The van der Waals surface area contributed by atoms with Gasteiger partial charge in [-0.3, -0.25) is 4.79 Å². The van der Waals surface area contributed by atoms with Gasteiger partial charge in [-0.05, 0) is 43.0 Å². The summed E-state index contributed by atoms with van der Waals surface area (Å²) in [7, 11) is 0. The summed E-state index contributed by atoms with van der Waals surface area (Å²) < 4.78 is 1.80. The summed E-state index contributed by atoms with van der Waals surface area (Å²) in [6.07, 6.45) is 4.33. The van der Waals surface area contributed by atoms with Gasteiger partial charge in [-0.1, -0.05) is 26.0 Å². The van der Waals surface area contributed by atoms with Crippen molar-refractivity contribution in [1.82, 2.24) is 15.1 Å². The number of benzene rings is 1. The van der Waals surface area contributed by atoms with Crippen molar-refractivity contribution in [2.24, 2.45) is 11.7 Å². The minimum absolute atomic E-state index is 0. The van der Waals surface area contributed by atoms with Crippen molar-refractivity contribution in [3.05, 3.63) is 48.3 Å². The van der Waals surface area contributed by atoms with Crippen LogP contribution in [0.4, 0.5) is 0 Å². The predicted octanol–water partition coefficient (Wildman–Crippen LogP) is 2.84. The fourth-order valence-corrected chi connectivity index (χ4v) is 2.36. The molecule has 1 aromatic carbocycles. The highest BCUT2D eigenvalue weighted by molar-refractivity contribution is 5.85. The number of carbonyl (C=O) groups is 1. The van der Waals surface area contributed by atoms with Crippen LogP contribution in [0.5, 0.6) is 0 Å². The number of amides is 1. The number of rotatable bonds is 6. The lowest BCUT2D eigenvalue weighted by atomic mass is 10.0. The SMILES string of the molecule is CC(C)C[C@H](N)C(=O)NC(C)c1ccc(-n2cccn2)cc1.Cl. The Balaban J connectivity index is 0.00000264. The number of halogens is 1. The predicted molar refractivity (Wildman–Crippen MR) is 94.8 cm³/mol. The van der Waals surface area contributed by atoms with Crippen molar-refractivity contribution in [2.75, 3.05) is 0 Å². The molecule has 1 aromatic heterocycles. The van der Waals surface area contributed by atoms with Crippen LogP contribution in [0.2, 0.25) is 0 Å². The van der Waals surface area contributed by atoms with Crippen LogP contribution in [0.25, 0.3) is 5.69 Å². The summed E-state index contributed by atoms with van der Waals surface area (Å²) in [6.45, 7) is 6.08. The maximum absolute atomic E-state index is 12.1. The van der Waals surface area contributed by atoms with Crippen molar-refractivity contribution >= 4 is 18.3 Å². The molecule has 0 saturated carbocycles. The van der Waals surface area contributed by atoms with E-state index in [-0.39, 0.29) is 24.4 Å². The molecule has 6 heteroatoms. The Morgan fingerprint density at radius 2 is 1.91 bits per heavy atom. The smallest absolute Gasteiger partial charge is 0.237 e. The number of hydrogen-bond acceptors (Lipinski definition) is 3. The Hall–Kier alpha value is -1.85. The van der Waals surface area contributed by atoms with Gasteiger partial charge in [0.2, 0.25) is 5.91 Å². The zero-order valence-corrected chi connectivity index (χ0v) is 14.6. The Morgan fingerprint density at radius 1 is 1.26 bits per heavy atom. The number of nitrogens with zero attached hydrogens (tertiary/aromatic N) is 2. The minimum atomic E-state index is -0.453. The molecule has 0 spiro atoms. The summed E-state index contributed by atoms with van der Waals surface area (Å²) >= 11 is 0. The maximum Gasteiger partial charge on any atom is 0.237 e. The van der Waals surface area contributed by atoms with Crippen molar-refractivity contribution in [3.63, 3.8) is 0 Å². The number of carbonyl (C=O) groups excluding carboxylic acids is 1. The van der Waals surface area contributed by atoms with Gasteiger partial charge in [0.25, 0.3) is 0 Å². The van der Waals surface area contributed by atoms with E-state index in [1.807, 2.05) is 43.5 Å². The van der Waals surface area contributed by atoms with Crippen molar-refractivity contribution in [1.29, 1.82) is 0 Å². The van der Waals surface area contributed by atoms with Gasteiger partial charge in [-0.2, -0.15) is 5.10 Å². The molecule has 3 N–H and O–H groups in total. The fourth-order valence-electron chi connectivity index (χ4n) is 2.36. The maximum atomic E-state index is 12.1. The number of aromatic nitrogens is 2. The third-order valence-electron chi connectivity index (χ3n) is 3.58. The summed E-state index contributed by atoms with van der Waals surface area (Å²) in [4.78, 5) is 12.1. The minimum Gasteiger partial charge on any atom is -0.348 e. The topological polar surface area (TPSA) is 72.9 Å². The van der Waals surface area contributed by atoms with Gasteiger partial charge in [0.05, 0.1) is 17.8 Å². The summed E-state index contributed by atoms with van der Waals surface area (Å²) in [5.41, 5.74) is 7.94. The molecule has 1 heterocycles. The van der Waals surface area contributed by atoms with Crippen LogP contribution in [0, 0.1) is 5.92 Å². The van der Waals surface area contributed by atoms with E-state index >= 15 is 0 Å². The van der Waals surface area contributed by atoms with Crippen LogP contribution in [0.15, 0.2) is 42.7 Å². The molecule has 1 unspecified atom stereocenters. The zero-order chi connectivity index (χ0) is 16.1. The van der Waals surface area contributed by atoms with Gasteiger partial charge in [0, 0.05) is 12.4 Å². The zero-order valence-electron chi connectivity index (χ0n) is 13.8. The lowest BCUT2D eigenvalue weighted by Crippen LogP contribution is -2.42. The molecule has 2 atom stereocenters. The van der Waals surface area contributed by atoms with E-state index < -0.39 is 6.04 Å². The second-order valence-electron chi connectivity index (χ2n) is 6.01. The molecular weight excluding hydrogens is 312 g/mol. The highest BCUT2D eigenvalue weighted by Gasteiger charge is 2.17. The molecule has 0 bridgehead atoms. The second kappa shape index (κ2) is 8.70. The first kappa shape index (κ1) is 19.2. The molecule has 0 radical (unpaired) electrons. The molecule has 23 heavy (non-hydrogen) atoms. The molecule has 0 saturated heterocycles. The normalized spacial score (nSPS) is 13.3. The summed E-state index contributed by atoms with van der Waals surface area (Å²) in [5.74, 6) is 0.307. The molecule has 126 valence electrons. The van der Waals surface area contributed by atoms with Crippen molar-refractivity contribution in [2.45, 2.75) is 39.3 Å². The van der Waals surface area contributed by atoms with E-state index in [0.29, 0.717) is 12.3 Å². The highest BCUT2D eigenvalue weighted by atomic mass is 35.5. The van der Waals surface area contributed by atoms with Crippen LogP contribution >= 0.6 is 12.4 Å². The molecule has 5 nitrogen and oxygen atoms in total. The number of hydrogen-bond donors (Lipinski definition) is 2. The first-order valence-corrected chi connectivity index (χ1v) is 7.63. The van der Waals surface area contributed by atoms with Gasteiger partial charge in [0.15, 0.2) is 0 Å². The Morgan fingerprint density at radius 3 is 2.43 bits per heavy atom. The Kier molecular flexibility index (Phi) is 7.26. The number of nitrogens with two attached hydrogens (primary N) is 1. The van der Waals surface area contributed by atoms with E-state index in [2.05, 4.69) is 24.3 Å². The van der Waals surface area contributed by atoms with Crippen LogP contribution in [-0.2, 0) is 4.79 Å². The molecular formula is C17H25ClN4O. The average Bonchev–Trinajstić information content (AvgIpc) is 3.00. The average molecular weight is 337 g/mol.